The maximum absolute atomic E-state index is 13.1. The fraction of sp³-hybridized carbons (Fsp3) is 0.0909. The molecule has 90 valence electrons. The standard InChI is InChI=1S/C11H9FN6/c1-18-11-9(16-17-18)10(13-6-14-11)15-8-4-2-3-7(12)5-8/h2-6H,1H3,(H,13,14,15). The second-order valence-corrected chi connectivity index (χ2v) is 3.74. The summed E-state index contributed by atoms with van der Waals surface area (Å²) >= 11 is 0. The van der Waals surface area contributed by atoms with Gasteiger partial charge in [-0.15, -0.1) is 5.10 Å². The molecule has 18 heavy (non-hydrogen) atoms. The van der Waals surface area contributed by atoms with Crippen LogP contribution >= 0.6 is 0 Å². The average molecular weight is 244 g/mol. The van der Waals surface area contributed by atoms with Crippen LogP contribution in [0.3, 0.4) is 0 Å². The number of aromatic nitrogens is 5. The van der Waals surface area contributed by atoms with Crippen LogP contribution in [-0.4, -0.2) is 25.0 Å². The molecule has 3 rings (SSSR count). The van der Waals surface area contributed by atoms with E-state index < -0.39 is 0 Å². The van der Waals surface area contributed by atoms with Crippen LogP contribution in [-0.2, 0) is 7.05 Å². The zero-order valence-electron chi connectivity index (χ0n) is 9.50. The van der Waals surface area contributed by atoms with E-state index in [2.05, 4.69) is 25.6 Å². The number of fused-ring (bicyclic) bond motifs is 1. The molecule has 0 atom stereocenters. The van der Waals surface area contributed by atoms with Crippen molar-refractivity contribution in [3.05, 3.63) is 36.4 Å². The van der Waals surface area contributed by atoms with Crippen LogP contribution in [0.2, 0.25) is 0 Å². The summed E-state index contributed by atoms with van der Waals surface area (Å²) in [6.07, 6.45) is 1.41. The molecule has 7 heteroatoms. The number of hydrogen-bond acceptors (Lipinski definition) is 5. The summed E-state index contributed by atoms with van der Waals surface area (Å²) in [7, 11) is 1.74. The summed E-state index contributed by atoms with van der Waals surface area (Å²) in [5.74, 6) is 0.183. The zero-order valence-corrected chi connectivity index (χ0v) is 9.50. The third-order valence-corrected chi connectivity index (χ3v) is 2.48. The highest BCUT2D eigenvalue weighted by Gasteiger charge is 2.09. The Balaban J connectivity index is 2.05. The Morgan fingerprint density at radius 1 is 1.28 bits per heavy atom. The van der Waals surface area contributed by atoms with Gasteiger partial charge >= 0.3 is 0 Å². The molecule has 2 aromatic heterocycles. The van der Waals surface area contributed by atoms with Gasteiger partial charge in [-0.1, -0.05) is 11.3 Å². The van der Waals surface area contributed by atoms with Crippen molar-refractivity contribution in [1.29, 1.82) is 0 Å². The quantitative estimate of drug-likeness (QED) is 0.742. The highest BCUT2D eigenvalue weighted by molar-refractivity contribution is 5.84. The third kappa shape index (κ3) is 1.75. The molecule has 0 saturated heterocycles. The summed E-state index contributed by atoms with van der Waals surface area (Å²) in [4.78, 5) is 8.16. The molecule has 0 aliphatic carbocycles. The van der Waals surface area contributed by atoms with Crippen molar-refractivity contribution in [3.8, 4) is 0 Å². The number of nitrogens with zero attached hydrogens (tertiary/aromatic N) is 5. The minimum absolute atomic E-state index is 0.315. The summed E-state index contributed by atoms with van der Waals surface area (Å²) in [5.41, 5.74) is 1.76. The first kappa shape index (κ1) is 10.6. The van der Waals surface area contributed by atoms with E-state index in [0.717, 1.165) is 0 Å². The van der Waals surface area contributed by atoms with Crippen LogP contribution in [0.1, 0.15) is 0 Å². The Kier molecular flexibility index (Phi) is 2.36. The normalized spacial score (nSPS) is 10.8. The van der Waals surface area contributed by atoms with Gasteiger partial charge in [-0.3, -0.25) is 0 Å². The molecule has 0 unspecified atom stereocenters. The Bertz CT molecular complexity index is 708. The molecule has 2 heterocycles. The predicted octanol–water partition coefficient (Wildman–Crippen LogP) is 1.64. The van der Waals surface area contributed by atoms with Gasteiger partial charge in [0, 0.05) is 12.7 Å². The third-order valence-electron chi connectivity index (χ3n) is 2.48. The molecule has 0 aliphatic heterocycles. The summed E-state index contributed by atoms with van der Waals surface area (Å²) in [5, 5.41) is 10.8. The van der Waals surface area contributed by atoms with Crippen LogP contribution < -0.4 is 5.32 Å². The highest BCUT2D eigenvalue weighted by atomic mass is 19.1. The van der Waals surface area contributed by atoms with Gasteiger partial charge in [0.1, 0.15) is 12.1 Å². The minimum Gasteiger partial charge on any atom is -0.338 e. The maximum atomic E-state index is 13.1. The lowest BCUT2D eigenvalue weighted by atomic mass is 10.3. The van der Waals surface area contributed by atoms with Gasteiger partial charge in [-0.05, 0) is 18.2 Å². The van der Waals surface area contributed by atoms with Crippen molar-refractivity contribution >= 4 is 22.7 Å². The maximum Gasteiger partial charge on any atom is 0.183 e. The first-order valence-corrected chi connectivity index (χ1v) is 5.27. The van der Waals surface area contributed by atoms with E-state index in [1.165, 1.54) is 18.5 Å². The second kappa shape index (κ2) is 4.02. The second-order valence-electron chi connectivity index (χ2n) is 3.74. The minimum atomic E-state index is -0.315. The van der Waals surface area contributed by atoms with Crippen LogP contribution in [0.15, 0.2) is 30.6 Å². The average Bonchev–Trinajstić information content (AvgIpc) is 2.73. The Morgan fingerprint density at radius 3 is 3.00 bits per heavy atom. The van der Waals surface area contributed by atoms with Gasteiger partial charge in [0.05, 0.1) is 0 Å². The van der Waals surface area contributed by atoms with E-state index in [0.29, 0.717) is 22.7 Å². The molecule has 1 aromatic carbocycles. The summed E-state index contributed by atoms with van der Waals surface area (Å²) < 4.78 is 14.6. The molecule has 1 N–H and O–H groups in total. The number of aryl methyl sites for hydroxylation is 1. The summed E-state index contributed by atoms with van der Waals surface area (Å²) in [6.45, 7) is 0. The van der Waals surface area contributed by atoms with Crippen molar-refractivity contribution < 1.29 is 4.39 Å². The fourth-order valence-corrected chi connectivity index (χ4v) is 1.65. The topological polar surface area (TPSA) is 68.5 Å². The van der Waals surface area contributed by atoms with Crippen LogP contribution in [0.25, 0.3) is 11.2 Å². The molecule has 0 saturated carbocycles. The molecule has 0 aliphatic rings. The first-order chi connectivity index (χ1) is 8.74. The number of nitrogens with one attached hydrogen (secondary N) is 1. The highest BCUT2D eigenvalue weighted by Crippen LogP contribution is 2.20. The number of benzene rings is 1. The lowest BCUT2D eigenvalue weighted by Crippen LogP contribution is -1.97. The van der Waals surface area contributed by atoms with Gasteiger partial charge in [-0.25, -0.2) is 19.0 Å². The van der Waals surface area contributed by atoms with Crippen molar-refractivity contribution in [3.63, 3.8) is 0 Å². The monoisotopic (exact) mass is 244 g/mol. The molecule has 6 nitrogen and oxygen atoms in total. The number of halogens is 1. The SMILES string of the molecule is Cn1nnc2c(Nc3cccc(F)c3)ncnc21. The predicted molar refractivity (Wildman–Crippen MR) is 63.8 cm³/mol. The van der Waals surface area contributed by atoms with Gasteiger partial charge < -0.3 is 5.32 Å². The van der Waals surface area contributed by atoms with Gasteiger partial charge in [0.15, 0.2) is 17.0 Å². The van der Waals surface area contributed by atoms with Gasteiger partial charge in [-0.2, -0.15) is 0 Å². The Morgan fingerprint density at radius 2 is 2.17 bits per heavy atom. The van der Waals surface area contributed by atoms with E-state index in [1.54, 1.807) is 23.9 Å². The molecular formula is C11H9FN6. The number of rotatable bonds is 2. The van der Waals surface area contributed by atoms with E-state index >= 15 is 0 Å². The fourth-order valence-electron chi connectivity index (χ4n) is 1.65. The lowest BCUT2D eigenvalue weighted by Gasteiger charge is -2.05. The number of hydrogen-bond donors (Lipinski definition) is 1. The van der Waals surface area contributed by atoms with Gasteiger partial charge in [0.2, 0.25) is 0 Å². The molecule has 0 spiro atoms. The largest absolute Gasteiger partial charge is 0.338 e. The number of anilines is 2. The zero-order chi connectivity index (χ0) is 12.5. The van der Waals surface area contributed by atoms with Crippen LogP contribution in [0.5, 0.6) is 0 Å². The molecule has 0 radical (unpaired) electrons. The van der Waals surface area contributed by atoms with E-state index in [1.807, 2.05) is 0 Å². The molecule has 0 fully saturated rings. The van der Waals surface area contributed by atoms with Crippen LogP contribution in [0, 0.1) is 5.82 Å². The van der Waals surface area contributed by atoms with Crippen molar-refractivity contribution in [2.45, 2.75) is 0 Å². The molecule has 3 aromatic rings. The molecule has 0 bridgehead atoms. The van der Waals surface area contributed by atoms with E-state index in [4.69, 9.17) is 0 Å². The first-order valence-electron chi connectivity index (χ1n) is 5.27. The van der Waals surface area contributed by atoms with E-state index in [9.17, 15) is 4.39 Å². The van der Waals surface area contributed by atoms with E-state index in [-0.39, 0.29) is 5.82 Å². The lowest BCUT2D eigenvalue weighted by molar-refractivity contribution is 0.628. The molecule has 0 amide bonds. The Hall–Kier alpha value is -2.57. The summed E-state index contributed by atoms with van der Waals surface area (Å²) in [6, 6.07) is 6.12. The molecular weight excluding hydrogens is 235 g/mol. The smallest absolute Gasteiger partial charge is 0.183 e. The van der Waals surface area contributed by atoms with Crippen molar-refractivity contribution in [2.24, 2.45) is 7.05 Å². The Labute approximate surface area is 101 Å². The van der Waals surface area contributed by atoms with Crippen molar-refractivity contribution in [2.75, 3.05) is 5.32 Å². The van der Waals surface area contributed by atoms with Gasteiger partial charge in [0.25, 0.3) is 0 Å². The van der Waals surface area contributed by atoms with Crippen LogP contribution in [0.4, 0.5) is 15.9 Å². The van der Waals surface area contributed by atoms with Crippen molar-refractivity contribution in [1.82, 2.24) is 25.0 Å².